The van der Waals surface area contributed by atoms with Crippen molar-refractivity contribution in [3.63, 3.8) is 0 Å². The Morgan fingerprint density at radius 1 is 1.32 bits per heavy atom. The molecule has 2 N–H and O–H groups in total. The summed E-state index contributed by atoms with van der Waals surface area (Å²) in [7, 11) is 1.79. The maximum Gasteiger partial charge on any atom is 0.317 e. The number of rotatable bonds is 6. The van der Waals surface area contributed by atoms with Gasteiger partial charge in [-0.25, -0.2) is 4.79 Å². The fraction of sp³-hybridized carbons (Fsp3) is 0.611. The minimum atomic E-state index is -0.380. The summed E-state index contributed by atoms with van der Waals surface area (Å²) >= 11 is 0. The van der Waals surface area contributed by atoms with Gasteiger partial charge in [0.25, 0.3) is 0 Å². The average Bonchev–Trinajstić information content (AvgIpc) is 3.04. The lowest BCUT2D eigenvalue weighted by molar-refractivity contribution is 0.160. The molecule has 1 saturated carbocycles. The largest absolute Gasteiger partial charge is 0.393 e. The van der Waals surface area contributed by atoms with Gasteiger partial charge in [0.05, 0.1) is 12.1 Å². The van der Waals surface area contributed by atoms with Gasteiger partial charge in [-0.15, -0.1) is 0 Å². The summed E-state index contributed by atoms with van der Waals surface area (Å²) in [6.07, 6.45) is 5.08. The van der Waals surface area contributed by atoms with Crippen LogP contribution in [0.4, 0.5) is 4.79 Å². The highest BCUT2D eigenvalue weighted by Gasteiger charge is 2.28. The van der Waals surface area contributed by atoms with Gasteiger partial charge in [-0.3, -0.25) is 0 Å². The highest BCUT2D eigenvalue weighted by atomic mass is 16.3. The Hall–Kier alpha value is -1.55. The quantitative estimate of drug-likeness (QED) is 0.847. The van der Waals surface area contributed by atoms with E-state index in [9.17, 15) is 9.90 Å². The fourth-order valence-electron chi connectivity index (χ4n) is 3.15. The number of amides is 2. The van der Waals surface area contributed by atoms with Crippen LogP contribution >= 0.6 is 0 Å². The number of carbonyl (C=O) groups is 1. The van der Waals surface area contributed by atoms with Crippen molar-refractivity contribution in [2.75, 3.05) is 13.6 Å². The first-order valence-electron chi connectivity index (χ1n) is 8.32. The lowest BCUT2D eigenvalue weighted by Gasteiger charge is -2.28. The van der Waals surface area contributed by atoms with Gasteiger partial charge in [0.15, 0.2) is 0 Å². The molecule has 1 aliphatic rings. The zero-order valence-corrected chi connectivity index (χ0v) is 13.7. The lowest BCUT2D eigenvalue weighted by atomic mass is 9.92. The average molecular weight is 304 g/mol. The van der Waals surface area contributed by atoms with Gasteiger partial charge < -0.3 is 15.3 Å². The summed E-state index contributed by atoms with van der Waals surface area (Å²) < 4.78 is 0. The van der Waals surface area contributed by atoms with Gasteiger partial charge in [0, 0.05) is 13.6 Å². The van der Waals surface area contributed by atoms with E-state index in [1.165, 1.54) is 31.2 Å². The van der Waals surface area contributed by atoms with Crippen LogP contribution in [0.25, 0.3) is 0 Å². The summed E-state index contributed by atoms with van der Waals surface area (Å²) in [6.45, 7) is 2.31. The van der Waals surface area contributed by atoms with Crippen LogP contribution in [0.15, 0.2) is 30.3 Å². The van der Waals surface area contributed by atoms with Crippen molar-refractivity contribution in [3.8, 4) is 0 Å². The minimum Gasteiger partial charge on any atom is -0.393 e. The van der Waals surface area contributed by atoms with Crippen LogP contribution < -0.4 is 5.32 Å². The molecular weight excluding hydrogens is 276 g/mol. The van der Waals surface area contributed by atoms with E-state index < -0.39 is 0 Å². The second-order valence-electron chi connectivity index (χ2n) is 6.44. The van der Waals surface area contributed by atoms with E-state index in [2.05, 4.69) is 17.4 Å². The number of nitrogens with zero attached hydrogens (tertiary/aromatic N) is 1. The number of nitrogens with one attached hydrogen (secondary N) is 1. The molecule has 1 aromatic rings. The van der Waals surface area contributed by atoms with Crippen molar-refractivity contribution in [2.45, 2.75) is 51.2 Å². The van der Waals surface area contributed by atoms with Gasteiger partial charge in [0.1, 0.15) is 0 Å². The molecule has 0 bridgehead atoms. The highest BCUT2D eigenvalue weighted by Crippen LogP contribution is 2.35. The first-order valence-corrected chi connectivity index (χ1v) is 8.32. The standard InChI is InChI=1S/C18H28N2O2/c1-14(21)12-13-20(2)18(22)19-17(16-10-6-7-11-16)15-8-4-3-5-9-15/h3-5,8-9,14,16-17,21H,6-7,10-13H2,1-2H3,(H,19,22). The molecule has 1 fully saturated rings. The van der Waals surface area contributed by atoms with Crippen LogP contribution in [0.3, 0.4) is 0 Å². The molecule has 122 valence electrons. The van der Waals surface area contributed by atoms with Gasteiger partial charge in [0.2, 0.25) is 0 Å². The summed E-state index contributed by atoms with van der Waals surface area (Å²) in [4.78, 5) is 14.1. The molecule has 0 heterocycles. The molecular formula is C18H28N2O2. The van der Waals surface area contributed by atoms with Crippen LogP contribution in [-0.4, -0.2) is 35.7 Å². The van der Waals surface area contributed by atoms with E-state index in [-0.39, 0.29) is 18.2 Å². The molecule has 2 atom stereocenters. The van der Waals surface area contributed by atoms with Crippen molar-refractivity contribution in [1.82, 2.24) is 10.2 Å². The fourth-order valence-corrected chi connectivity index (χ4v) is 3.15. The topological polar surface area (TPSA) is 52.6 Å². The number of aliphatic hydroxyl groups is 1. The molecule has 1 aromatic carbocycles. The van der Waals surface area contributed by atoms with Crippen molar-refractivity contribution >= 4 is 6.03 Å². The molecule has 0 radical (unpaired) electrons. The van der Waals surface area contributed by atoms with Gasteiger partial charge >= 0.3 is 6.03 Å². The molecule has 2 amide bonds. The van der Waals surface area contributed by atoms with Gasteiger partial charge in [-0.2, -0.15) is 0 Å². The molecule has 2 rings (SSSR count). The van der Waals surface area contributed by atoms with Crippen LogP contribution in [0.1, 0.15) is 50.6 Å². The summed E-state index contributed by atoms with van der Waals surface area (Å²) in [5.41, 5.74) is 1.19. The molecule has 0 spiro atoms. The number of urea groups is 1. The first kappa shape index (κ1) is 16.8. The maximum absolute atomic E-state index is 12.4. The second-order valence-corrected chi connectivity index (χ2v) is 6.44. The normalized spacial score (nSPS) is 18.0. The smallest absolute Gasteiger partial charge is 0.317 e. The number of benzene rings is 1. The van der Waals surface area contributed by atoms with Crippen molar-refractivity contribution in [3.05, 3.63) is 35.9 Å². The van der Waals surface area contributed by atoms with Crippen molar-refractivity contribution in [2.24, 2.45) is 5.92 Å². The predicted molar refractivity (Wildman–Crippen MR) is 88.6 cm³/mol. The number of aliphatic hydroxyl groups excluding tert-OH is 1. The Labute approximate surface area is 133 Å². The zero-order valence-electron chi connectivity index (χ0n) is 13.7. The van der Waals surface area contributed by atoms with Crippen LogP contribution in [0.2, 0.25) is 0 Å². The van der Waals surface area contributed by atoms with Gasteiger partial charge in [-0.05, 0) is 37.7 Å². The van der Waals surface area contributed by atoms with Crippen LogP contribution in [0.5, 0.6) is 0 Å². The second kappa shape index (κ2) is 8.18. The zero-order chi connectivity index (χ0) is 15.9. The Morgan fingerprint density at radius 3 is 2.55 bits per heavy atom. The minimum absolute atomic E-state index is 0.0543. The monoisotopic (exact) mass is 304 g/mol. The van der Waals surface area contributed by atoms with Crippen LogP contribution in [0, 0.1) is 5.92 Å². The Balaban J connectivity index is 2.01. The van der Waals surface area contributed by atoms with E-state index in [1.54, 1.807) is 18.9 Å². The maximum atomic E-state index is 12.4. The van der Waals surface area contributed by atoms with E-state index in [4.69, 9.17) is 0 Å². The van der Waals surface area contributed by atoms with E-state index in [0.717, 1.165) is 0 Å². The molecule has 1 aliphatic carbocycles. The predicted octanol–water partition coefficient (Wildman–Crippen LogP) is 3.33. The molecule has 2 unspecified atom stereocenters. The van der Waals surface area contributed by atoms with Gasteiger partial charge in [-0.1, -0.05) is 43.2 Å². The third-order valence-corrected chi connectivity index (χ3v) is 4.54. The Kier molecular flexibility index (Phi) is 6.25. The molecule has 0 saturated heterocycles. The third kappa shape index (κ3) is 4.73. The molecule has 0 aromatic heterocycles. The number of hydrogen-bond acceptors (Lipinski definition) is 2. The van der Waals surface area contributed by atoms with E-state index in [1.807, 2.05) is 18.2 Å². The molecule has 4 heteroatoms. The van der Waals surface area contributed by atoms with E-state index in [0.29, 0.717) is 18.9 Å². The Bertz CT molecular complexity index is 455. The van der Waals surface area contributed by atoms with Crippen molar-refractivity contribution < 1.29 is 9.90 Å². The molecule has 4 nitrogen and oxygen atoms in total. The third-order valence-electron chi connectivity index (χ3n) is 4.54. The van der Waals surface area contributed by atoms with Crippen molar-refractivity contribution in [1.29, 1.82) is 0 Å². The first-order chi connectivity index (χ1) is 10.6. The van der Waals surface area contributed by atoms with Crippen LogP contribution in [-0.2, 0) is 0 Å². The van der Waals surface area contributed by atoms with E-state index >= 15 is 0 Å². The molecule has 22 heavy (non-hydrogen) atoms. The Morgan fingerprint density at radius 2 is 1.95 bits per heavy atom. The highest BCUT2D eigenvalue weighted by molar-refractivity contribution is 5.74. The summed E-state index contributed by atoms with van der Waals surface area (Å²) in [5.74, 6) is 0.525. The number of hydrogen-bond donors (Lipinski definition) is 2. The molecule has 0 aliphatic heterocycles. The lowest BCUT2D eigenvalue weighted by Crippen LogP contribution is -2.42. The summed E-state index contributed by atoms with van der Waals surface area (Å²) in [5, 5.41) is 12.6. The SMILES string of the molecule is CC(O)CCN(C)C(=O)NC(c1ccccc1)C1CCCC1. The number of carbonyl (C=O) groups excluding carboxylic acids is 1. The summed E-state index contributed by atoms with van der Waals surface area (Å²) in [6, 6.07) is 10.3.